The Bertz CT molecular complexity index is 573. The van der Waals surface area contributed by atoms with Crippen molar-refractivity contribution in [2.24, 2.45) is 0 Å². The fourth-order valence-corrected chi connectivity index (χ4v) is 1.73. The highest BCUT2D eigenvalue weighted by Gasteiger charge is 2.06. The highest BCUT2D eigenvalue weighted by Crippen LogP contribution is 2.26. The molecule has 2 N–H and O–H groups in total. The molecule has 1 aromatic carbocycles. The van der Waals surface area contributed by atoms with Gasteiger partial charge in [0.25, 0.3) is 0 Å². The van der Waals surface area contributed by atoms with E-state index in [1.165, 1.54) is 0 Å². The largest absolute Gasteiger partial charge is 0.476 e. The lowest BCUT2D eigenvalue weighted by molar-refractivity contribution is 0.184. The summed E-state index contributed by atoms with van der Waals surface area (Å²) in [6.07, 6.45) is 0. The number of nitrogens with zero attached hydrogens (tertiary/aromatic N) is 1. The predicted molar refractivity (Wildman–Crippen MR) is 77.0 cm³/mol. The van der Waals surface area contributed by atoms with Gasteiger partial charge >= 0.3 is 0 Å². The van der Waals surface area contributed by atoms with Crippen molar-refractivity contribution in [2.75, 3.05) is 19.5 Å². The molecule has 5 nitrogen and oxygen atoms in total. The van der Waals surface area contributed by atoms with Gasteiger partial charge in [0.15, 0.2) is 0 Å². The van der Waals surface area contributed by atoms with Gasteiger partial charge in [-0.1, -0.05) is 12.1 Å². The van der Waals surface area contributed by atoms with E-state index in [2.05, 4.69) is 4.98 Å². The van der Waals surface area contributed by atoms with Crippen LogP contribution in [0.4, 0.5) is 5.69 Å². The van der Waals surface area contributed by atoms with Crippen molar-refractivity contribution >= 4 is 5.69 Å². The van der Waals surface area contributed by atoms with Crippen LogP contribution in [0, 0.1) is 0 Å². The molecule has 0 bridgehead atoms. The highest BCUT2D eigenvalue weighted by molar-refractivity contribution is 5.49. The Balaban J connectivity index is 2.17. The highest BCUT2D eigenvalue weighted by atomic mass is 16.5. The van der Waals surface area contributed by atoms with Crippen LogP contribution in [-0.4, -0.2) is 18.7 Å². The SMILES string of the molecule is CCOc1nc(Oc2cccc(COC)c2)ccc1N. The molecule has 0 saturated heterocycles. The van der Waals surface area contributed by atoms with E-state index in [9.17, 15) is 0 Å². The second kappa shape index (κ2) is 6.77. The number of aromatic nitrogens is 1. The van der Waals surface area contributed by atoms with Crippen molar-refractivity contribution < 1.29 is 14.2 Å². The van der Waals surface area contributed by atoms with Crippen molar-refractivity contribution in [3.05, 3.63) is 42.0 Å². The molecule has 0 aliphatic rings. The summed E-state index contributed by atoms with van der Waals surface area (Å²) < 4.78 is 16.1. The van der Waals surface area contributed by atoms with E-state index in [0.717, 1.165) is 5.56 Å². The third kappa shape index (κ3) is 3.61. The topological polar surface area (TPSA) is 66.6 Å². The third-order valence-corrected chi connectivity index (χ3v) is 2.58. The number of nitrogens with two attached hydrogens (primary N) is 1. The number of anilines is 1. The zero-order chi connectivity index (χ0) is 14.4. The Morgan fingerprint density at radius 2 is 2.05 bits per heavy atom. The number of methoxy groups -OCH3 is 1. The minimum Gasteiger partial charge on any atom is -0.476 e. The minimum atomic E-state index is 0.387. The summed E-state index contributed by atoms with van der Waals surface area (Å²) in [5.41, 5.74) is 7.30. The molecular weight excluding hydrogens is 256 g/mol. The van der Waals surface area contributed by atoms with E-state index in [1.807, 2.05) is 31.2 Å². The van der Waals surface area contributed by atoms with Crippen LogP contribution in [0.1, 0.15) is 12.5 Å². The number of pyridine rings is 1. The second-order valence-electron chi connectivity index (χ2n) is 4.16. The summed E-state index contributed by atoms with van der Waals surface area (Å²) >= 11 is 0. The number of benzene rings is 1. The van der Waals surface area contributed by atoms with Gasteiger partial charge in [0.2, 0.25) is 11.8 Å². The number of nitrogen functional groups attached to an aromatic ring is 1. The van der Waals surface area contributed by atoms with Gasteiger partial charge in [0.1, 0.15) is 5.75 Å². The maximum atomic E-state index is 5.77. The van der Waals surface area contributed by atoms with Gasteiger partial charge < -0.3 is 19.9 Å². The molecule has 1 heterocycles. The van der Waals surface area contributed by atoms with Crippen LogP contribution in [0.5, 0.6) is 17.5 Å². The van der Waals surface area contributed by atoms with E-state index in [1.54, 1.807) is 19.2 Å². The molecule has 0 atom stereocenters. The van der Waals surface area contributed by atoms with Gasteiger partial charge in [-0.3, -0.25) is 0 Å². The molecule has 0 aliphatic carbocycles. The lowest BCUT2D eigenvalue weighted by Gasteiger charge is -2.09. The van der Waals surface area contributed by atoms with Gasteiger partial charge in [-0.2, -0.15) is 4.98 Å². The Hall–Kier alpha value is -2.27. The van der Waals surface area contributed by atoms with Crippen LogP contribution in [0.3, 0.4) is 0 Å². The first-order valence-corrected chi connectivity index (χ1v) is 6.38. The molecule has 20 heavy (non-hydrogen) atoms. The normalized spacial score (nSPS) is 10.3. The Labute approximate surface area is 118 Å². The summed E-state index contributed by atoms with van der Waals surface area (Å²) in [7, 11) is 1.66. The predicted octanol–water partition coefficient (Wildman–Crippen LogP) is 3.00. The van der Waals surface area contributed by atoms with E-state index < -0.39 is 0 Å². The molecule has 0 amide bonds. The maximum Gasteiger partial charge on any atom is 0.240 e. The van der Waals surface area contributed by atoms with Crippen molar-refractivity contribution in [1.29, 1.82) is 0 Å². The Morgan fingerprint density at radius 3 is 2.80 bits per heavy atom. The van der Waals surface area contributed by atoms with E-state index in [-0.39, 0.29) is 0 Å². The minimum absolute atomic E-state index is 0.387. The molecule has 5 heteroatoms. The van der Waals surface area contributed by atoms with Gasteiger partial charge in [-0.25, -0.2) is 0 Å². The van der Waals surface area contributed by atoms with Crippen LogP contribution in [-0.2, 0) is 11.3 Å². The van der Waals surface area contributed by atoms with Crippen molar-refractivity contribution in [1.82, 2.24) is 4.98 Å². The zero-order valence-electron chi connectivity index (χ0n) is 11.6. The Morgan fingerprint density at radius 1 is 1.20 bits per heavy atom. The number of hydrogen-bond donors (Lipinski definition) is 1. The lowest BCUT2D eigenvalue weighted by atomic mass is 10.2. The van der Waals surface area contributed by atoms with Gasteiger partial charge in [-0.05, 0) is 30.7 Å². The fourth-order valence-electron chi connectivity index (χ4n) is 1.73. The molecule has 0 unspecified atom stereocenters. The molecule has 2 aromatic rings. The van der Waals surface area contributed by atoms with Gasteiger partial charge in [0, 0.05) is 13.2 Å². The molecule has 1 aromatic heterocycles. The number of ether oxygens (including phenoxy) is 3. The van der Waals surface area contributed by atoms with Crippen LogP contribution in [0.15, 0.2) is 36.4 Å². The summed E-state index contributed by atoms with van der Waals surface area (Å²) in [5, 5.41) is 0. The molecular formula is C15H18N2O3. The average molecular weight is 274 g/mol. The summed E-state index contributed by atoms with van der Waals surface area (Å²) in [6.45, 7) is 2.92. The first kappa shape index (κ1) is 14.1. The van der Waals surface area contributed by atoms with Crippen LogP contribution < -0.4 is 15.2 Å². The van der Waals surface area contributed by atoms with Crippen LogP contribution >= 0.6 is 0 Å². The quantitative estimate of drug-likeness (QED) is 0.877. The van der Waals surface area contributed by atoms with Crippen molar-refractivity contribution in [3.63, 3.8) is 0 Å². The van der Waals surface area contributed by atoms with E-state index >= 15 is 0 Å². The lowest BCUT2D eigenvalue weighted by Crippen LogP contribution is -2.00. The number of rotatable bonds is 6. The molecule has 0 fully saturated rings. The summed E-state index contributed by atoms with van der Waals surface area (Å²) in [6, 6.07) is 11.1. The van der Waals surface area contributed by atoms with Crippen molar-refractivity contribution in [3.8, 4) is 17.5 Å². The monoisotopic (exact) mass is 274 g/mol. The summed E-state index contributed by atoms with van der Waals surface area (Å²) in [5.74, 6) is 1.52. The third-order valence-electron chi connectivity index (χ3n) is 2.58. The van der Waals surface area contributed by atoms with E-state index in [0.29, 0.717) is 36.4 Å². The average Bonchev–Trinajstić information content (AvgIpc) is 2.44. The molecule has 0 spiro atoms. The zero-order valence-corrected chi connectivity index (χ0v) is 11.6. The van der Waals surface area contributed by atoms with E-state index in [4.69, 9.17) is 19.9 Å². The molecule has 2 rings (SSSR count). The first-order valence-electron chi connectivity index (χ1n) is 6.38. The second-order valence-corrected chi connectivity index (χ2v) is 4.16. The van der Waals surface area contributed by atoms with Crippen LogP contribution in [0.2, 0.25) is 0 Å². The standard InChI is InChI=1S/C15H18N2O3/c1-3-19-15-13(16)7-8-14(17-15)20-12-6-4-5-11(9-12)10-18-2/h4-9H,3,10,16H2,1-2H3. The van der Waals surface area contributed by atoms with Crippen LogP contribution in [0.25, 0.3) is 0 Å². The van der Waals surface area contributed by atoms with Gasteiger partial charge in [-0.15, -0.1) is 0 Å². The van der Waals surface area contributed by atoms with Gasteiger partial charge in [0.05, 0.1) is 18.9 Å². The maximum absolute atomic E-state index is 5.77. The molecule has 0 aliphatic heterocycles. The summed E-state index contributed by atoms with van der Waals surface area (Å²) in [4.78, 5) is 4.23. The Kier molecular flexibility index (Phi) is 4.79. The van der Waals surface area contributed by atoms with Crippen molar-refractivity contribution in [2.45, 2.75) is 13.5 Å². The molecule has 0 radical (unpaired) electrons. The first-order chi connectivity index (χ1) is 9.72. The smallest absolute Gasteiger partial charge is 0.240 e. The molecule has 106 valence electrons. The fraction of sp³-hybridized carbons (Fsp3) is 0.267. The number of hydrogen-bond acceptors (Lipinski definition) is 5. The molecule has 0 saturated carbocycles.